The van der Waals surface area contributed by atoms with Gasteiger partial charge in [-0.2, -0.15) is 0 Å². The Balaban J connectivity index is 1.61. The van der Waals surface area contributed by atoms with E-state index in [0.29, 0.717) is 17.6 Å². The lowest BCUT2D eigenvalue weighted by molar-refractivity contribution is -0.126. The summed E-state index contributed by atoms with van der Waals surface area (Å²) in [6, 6.07) is 0. The third-order valence-electron chi connectivity index (χ3n) is 7.84. The van der Waals surface area contributed by atoms with Gasteiger partial charge in [0.1, 0.15) is 5.78 Å². The van der Waals surface area contributed by atoms with Crippen LogP contribution in [0, 0.1) is 47.3 Å². The fourth-order valence-corrected chi connectivity index (χ4v) is 6.88. The third-order valence-corrected chi connectivity index (χ3v) is 7.84. The van der Waals surface area contributed by atoms with Gasteiger partial charge in [0.15, 0.2) is 0 Å². The molecule has 4 rings (SSSR count). The Morgan fingerprint density at radius 1 is 1.14 bits per heavy atom. The number of carbonyl (C=O) groups is 1. The van der Waals surface area contributed by atoms with Crippen molar-refractivity contribution in [2.45, 2.75) is 64.9 Å². The van der Waals surface area contributed by atoms with E-state index < -0.39 is 0 Å². The van der Waals surface area contributed by atoms with Gasteiger partial charge >= 0.3 is 0 Å². The van der Waals surface area contributed by atoms with E-state index in [9.17, 15) is 9.90 Å². The van der Waals surface area contributed by atoms with E-state index in [1.165, 1.54) is 32.1 Å². The number of Topliss-reactive ketones (excluding diaryl/α,β-unsaturated/α-hetero) is 1. The number of hydrogen-bond acceptors (Lipinski definition) is 2. The average Bonchev–Trinajstić information content (AvgIpc) is 2.74. The van der Waals surface area contributed by atoms with Gasteiger partial charge in [-0.25, -0.2) is 0 Å². The molecule has 4 saturated carbocycles. The second-order valence-electron chi connectivity index (χ2n) is 8.70. The second-order valence-corrected chi connectivity index (χ2v) is 8.70. The van der Waals surface area contributed by atoms with Gasteiger partial charge in [0.2, 0.25) is 0 Å². The summed E-state index contributed by atoms with van der Waals surface area (Å²) in [7, 11) is 0. The van der Waals surface area contributed by atoms with Gasteiger partial charge in [0, 0.05) is 12.8 Å². The first-order chi connectivity index (χ1) is 10.0. The zero-order valence-electron chi connectivity index (χ0n) is 13.4. The summed E-state index contributed by atoms with van der Waals surface area (Å²) in [6.07, 6.45) is 9.99. The van der Waals surface area contributed by atoms with Crippen molar-refractivity contribution in [1.82, 2.24) is 0 Å². The van der Waals surface area contributed by atoms with Crippen molar-refractivity contribution in [3.63, 3.8) is 0 Å². The monoisotopic (exact) mass is 289 g/mol. The summed E-state index contributed by atoms with van der Waals surface area (Å²) in [5.74, 6) is 4.60. The van der Waals surface area contributed by atoms with E-state index >= 15 is 0 Å². The Morgan fingerprint density at radius 3 is 2.76 bits per heavy atom. The maximum Gasteiger partial charge on any atom is 0.137 e. The first kappa shape index (κ1) is 14.2. The maximum absolute atomic E-state index is 11.9. The van der Waals surface area contributed by atoms with E-state index in [1.54, 1.807) is 0 Å². The molecule has 0 spiro atoms. The quantitative estimate of drug-likeness (QED) is 0.739. The summed E-state index contributed by atoms with van der Waals surface area (Å²) in [5.41, 5.74) is 0.186. The van der Waals surface area contributed by atoms with Crippen LogP contribution in [-0.4, -0.2) is 17.0 Å². The van der Waals surface area contributed by atoms with E-state index in [-0.39, 0.29) is 11.5 Å². The fraction of sp³-hybridized carbons (Fsp3) is 0.895. The van der Waals surface area contributed by atoms with Crippen molar-refractivity contribution in [2.75, 3.05) is 0 Å². The van der Waals surface area contributed by atoms with Crippen LogP contribution in [0.25, 0.3) is 0 Å². The van der Waals surface area contributed by atoms with Crippen molar-refractivity contribution in [3.05, 3.63) is 6.42 Å². The van der Waals surface area contributed by atoms with Gasteiger partial charge in [-0.3, -0.25) is 4.79 Å². The SMILES string of the molecule is C[C@@H]1CC(=O)[CH]C2CC[C@@H]3[C@H](CC[C@]4(C)[C@@H](O)CC[C@@H]34)C21. The van der Waals surface area contributed by atoms with Crippen LogP contribution in [0.15, 0.2) is 0 Å². The topological polar surface area (TPSA) is 37.3 Å². The van der Waals surface area contributed by atoms with E-state index in [4.69, 9.17) is 0 Å². The lowest BCUT2D eigenvalue weighted by Crippen LogP contribution is -2.51. The van der Waals surface area contributed by atoms with Crippen LogP contribution in [0.4, 0.5) is 0 Å². The third kappa shape index (κ3) is 1.97. The van der Waals surface area contributed by atoms with E-state index in [2.05, 4.69) is 20.3 Å². The molecule has 0 heterocycles. The van der Waals surface area contributed by atoms with Crippen LogP contribution in [-0.2, 0) is 4.79 Å². The number of ketones is 1. The molecule has 21 heavy (non-hydrogen) atoms. The van der Waals surface area contributed by atoms with Crippen molar-refractivity contribution in [2.24, 2.45) is 40.9 Å². The summed E-state index contributed by atoms with van der Waals surface area (Å²) < 4.78 is 0. The van der Waals surface area contributed by atoms with Crippen molar-refractivity contribution in [1.29, 1.82) is 0 Å². The lowest BCUT2D eigenvalue weighted by Gasteiger charge is -2.56. The van der Waals surface area contributed by atoms with Crippen LogP contribution < -0.4 is 0 Å². The molecule has 4 aliphatic rings. The average molecular weight is 289 g/mol. The van der Waals surface area contributed by atoms with Crippen LogP contribution in [0.3, 0.4) is 0 Å². The Bertz CT molecular complexity index is 445. The predicted molar refractivity (Wildman–Crippen MR) is 82.4 cm³/mol. The largest absolute Gasteiger partial charge is 0.393 e. The Labute approximate surface area is 128 Å². The molecular formula is C19H29O2. The summed E-state index contributed by atoms with van der Waals surface area (Å²) >= 11 is 0. The van der Waals surface area contributed by atoms with Crippen LogP contribution >= 0.6 is 0 Å². The molecule has 0 aromatic carbocycles. The molecule has 2 unspecified atom stereocenters. The lowest BCUT2D eigenvalue weighted by atomic mass is 9.49. The Kier molecular flexibility index (Phi) is 3.26. The highest BCUT2D eigenvalue weighted by molar-refractivity contribution is 5.88. The summed E-state index contributed by atoms with van der Waals surface area (Å²) in [4.78, 5) is 11.9. The van der Waals surface area contributed by atoms with Gasteiger partial charge < -0.3 is 5.11 Å². The van der Waals surface area contributed by atoms with Crippen LogP contribution in [0.2, 0.25) is 0 Å². The van der Waals surface area contributed by atoms with Gasteiger partial charge in [-0.1, -0.05) is 13.8 Å². The van der Waals surface area contributed by atoms with Gasteiger partial charge in [-0.05, 0) is 79.4 Å². The van der Waals surface area contributed by atoms with Crippen LogP contribution in [0.1, 0.15) is 58.8 Å². The number of aliphatic hydroxyl groups excluding tert-OH is 1. The highest BCUT2D eigenvalue weighted by atomic mass is 16.3. The number of rotatable bonds is 0. The van der Waals surface area contributed by atoms with Crippen molar-refractivity contribution < 1.29 is 9.90 Å². The molecule has 0 saturated heterocycles. The van der Waals surface area contributed by atoms with Crippen molar-refractivity contribution in [3.8, 4) is 0 Å². The van der Waals surface area contributed by atoms with Crippen LogP contribution in [0.5, 0.6) is 0 Å². The van der Waals surface area contributed by atoms with Gasteiger partial charge in [0.05, 0.1) is 6.10 Å². The molecule has 2 nitrogen and oxygen atoms in total. The minimum Gasteiger partial charge on any atom is -0.393 e. The number of aliphatic hydroxyl groups is 1. The van der Waals surface area contributed by atoms with Gasteiger partial charge in [-0.15, -0.1) is 0 Å². The van der Waals surface area contributed by atoms with Crippen molar-refractivity contribution >= 4 is 5.78 Å². The first-order valence-corrected chi connectivity index (χ1v) is 9.06. The molecule has 8 atom stereocenters. The first-order valence-electron chi connectivity index (χ1n) is 9.06. The standard InChI is InChI=1S/C19H29O2/c1-11-9-13(20)10-12-3-4-14-15(18(11)12)7-8-19(2)16(14)5-6-17(19)21/h10-12,14-18,21H,3-9H2,1-2H3/t11-,12?,14-,15+,16+,17+,18?,19+/m1/s1. The zero-order chi connectivity index (χ0) is 14.8. The zero-order valence-corrected chi connectivity index (χ0v) is 13.4. The smallest absolute Gasteiger partial charge is 0.137 e. The predicted octanol–water partition coefficient (Wildman–Crippen LogP) is 3.63. The number of carbonyl (C=O) groups excluding carboxylic acids is 1. The highest BCUT2D eigenvalue weighted by Crippen LogP contribution is 2.62. The Morgan fingerprint density at radius 2 is 1.95 bits per heavy atom. The molecule has 117 valence electrons. The van der Waals surface area contributed by atoms with E-state index in [1.807, 2.05) is 0 Å². The van der Waals surface area contributed by atoms with E-state index in [0.717, 1.165) is 36.5 Å². The molecule has 2 heteroatoms. The molecule has 0 aromatic rings. The molecule has 0 bridgehead atoms. The maximum atomic E-state index is 11.9. The normalized spacial score (nSPS) is 56.5. The Hall–Kier alpha value is -0.370. The molecule has 0 aliphatic heterocycles. The molecule has 0 aromatic heterocycles. The summed E-state index contributed by atoms with van der Waals surface area (Å²) in [5, 5.41) is 10.4. The number of fused-ring (bicyclic) bond motifs is 5. The molecule has 1 N–H and O–H groups in total. The minimum atomic E-state index is -0.0712. The fourth-order valence-electron chi connectivity index (χ4n) is 6.88. The molecule has 4 fully saturated rings. The second kappa shape index (κ2) is 4.81. The van der Waals surface area contributed by atoms with Gasteiger partial charge in [0.25, 0.3) is 0 Å². The highest BCUT2D eigenvalue weighted by Gasteiger charge is 2.57. The molecule has 0 amide bonds. The molecular weight excluding hydrogens is 260 g/mol. The number of hydrogen-bond donors (Lipinski definition) is 1. The molecule has 1 radical (unpaired) electrons. The minimum absolute atomic E-state index is 0.0712. The summed E-state index contributed by atoms with van der Waals surface area (Å²) in [6.45, 7) is 4.65. The molecule has 4 aliphatic carbocycles.